The van der Waals surface area contributed by atoms with Gasteiger partial charge in [0.15, 0.2) is 0 Å². The van der Waals surface area contributed by atoms with Crippen LogP contribution in [0, 0.1) is 5.92 Å². The lowest BCUT2D eigenvalue weighted by atomic mass is 9.89. The van der Waals surface area contributed by atoms with Crippen LogP contribution < -0.4 is 0 Å². The first-order valence-electron chi connectivity index (χ1n) is 8.45. The van der Waals surface area contributed by atoms with Crippen LogP contribution in [0.25, 0.3) is 11.1 Å². The van der Waals surface area contributed by atoms with Gasteiger partial charge in [-0.15, -0.1) is 0 Å². The summed E-state index contributed by atoms with van der Waals surface area (Å²) in [5.41, 5.74) is 5.91. The van der Waals surface area contributed by atoms with Gasteiger partial charge in [-0.3, -0.25) is 0 Å². The Labute approximate surface area is 131 Å². The molecule has 0 heteroatoms. The zero-order valence-electron chi connectivity index (χ0n) is 14.5. The summed E-state index contributed by atoms with van der Waals surface area (Å²) >= 11 is 0. The number of rotatable bonds is 2. The van der Waals surface area contributed by atoms with Gasteiger partial charge in [0.2, 0.25) is 0 Å². The van der Waals surface area contributed by atoms with Crippen molar-refractivity contribution in [3.8, 4) is 11.1 Å². The standard InChI is InChI=1S/C17H18.2C2H6/c1-12(2)11-17-15-9-5-3-7-13(15)14-8-4-6-10-16(14)17;2*1-2/h3-10,12,17H,11H2,1-2H3;2*1-2H3. The van der Waals surface area contributed by atoms with E-state index in [4.69, 9.17) is 0 Å². The van der Waals surface area contributed by atoms with Crippen molar-refractivity contribution in [1.29, 1.82) is 0 Å². The molecule has 0 heterocycles. The molecule has 0 amide bonds. The van der Waals surface area contributed by atoms with Gasteiger partial charge in [0.1, 0.15) is 0 Å². The van der Waals surface area contributed by atoms with Crippen LogP contribution in [0.2, 0.25) is 0 Å². The van der Waals surface area contributed by atoms with Gasteiger partial charge in [0.25, 0.3) is 0 Å². The van der Waals surface area contributed by atoms with Gasteiger partial charge in [0, 0.05) is 5.92 Å². The average Bonchev–Trinajstić information content (AvgIpc) is 2.86. The van der Waals surface area contributed by atoms with Gasteiger partial charge in [-0.25, -0.2) is 0 Å². The van der Waals surface area contributed by atoms with Crippen molar-refractivity contribution in [2.75, 3.05) is 0 Å². The molecule has 1 aliphatic carbocycles. The van der Waals surface area contributed by atoms with E-state index < -0.39 is 0 Å². The van der Waals surface area contributed by atoms with E-state index in [2.05, 4.69) is 62.4 Å². The van der Waals surface area contributed by atoms with Gasteiger partial charge in [0.05, 0.1) is 0 Å². The minimum atomic E-state index is 0.599. The monoisotopic (exact) mass is 282 g/mol. The third-order valence-corrected chi connectivity index (χ3v) is 3.67. The Morgan fingerprint density at radius 2 is 1.10 bits per heavy atom. The molecule has 0 aromatic heterocycles. The Morgan fingerprint density at radius 1 is 0.714 bits per heavy atom. The molecule has 0 saturated carbocycles. The van der Waals surface area contributed by atoms with Gasteiger partial charge in [-0.2, -0.15) is 0 Å². The van der Waals surface area contributed by atoms with E-state index in [1.165, 1.54) is 28.7 Å². The lowest BCUT2D eigenvalue weighted by Crippen LogP contribution is -2.01. The van der Waals surface area contributed by atoms with Gasteiger partial charge in [-0.05, 0) is 34.6 Å². The molecule has 0 unspecified atom stereocenters. The molecule has 0 nitrogen and oxygen atoms in total. The maximum atomic E-state index is 2.31. The zero-order chi connectivity index (χ0) is 15.8. The first kappa shape index (κ1) is 17.5. The minimum Gasteiger partial charge on any atom is -0.0683 e. The first-order chi connectivity index (χ1) is 10.3. The van der Waals surface area contributed by atoms with Crippen molar-refractivity contribution in [1.82, 2.24) is 0 Å². The predicted octanol–water partition coefficient (Wildman–Crippen LogP) is 6.90. The van der Waals surface area contributed by atoms with Crippen LogP contribution in [0.5, 0.6) is 0 Å². The fourth-order valence-electron chi connectivity index (χ4n) is 2.99. The van der Waals surface area contributed by atoms with E-state index in [1.807, 2.05) is 27.7 Å². The lowest BCUT2D eigenvalue weighted by Gasteiger charge is -2.15. The van der Waals surface area contributed by atoms with Gasteiger partial charge in [-0.1, -0.05) is 90.1 Å². The van der Waals surface area contributed by atoms with Gasteiger partial charge < -0.3 is 0 Å². The summed E-state index contributed by atoms with van der Waals surface area (Å²) in [6.07, 6.45) is 1.24. The second-order valence-corrected chi connectivity index (χ2v) is 5.36. The predicted molar refractivity (Wildman–Crippen MR) is 95.9 cm³/mol. The lowest BCUT2D eigenvalue weighted by molar-refractivity contribution is 0.547. The quantitative estimate of drug-likeness (QED) is 0.562. The van der Waals surface area contributed by atoms with Crippen LogP contribution in [-0.2, 0) is 0 Å². The van der Waals surface area contributed by atoms with E-state index in [0.29, 0.717) is 5.92 Å². The molecule has 0 spiro atoms. The Morgan fingerprint density at radius 3 is 1.48 bits per heavy atom. The highest BCUT2D eigenvalue weighted by atomic mass is 14.3. The summed E-state index contributed by atoms with van der Waals surface area (Å²) in [4.78, 5) is 0. The fraction of sp³-hybridized carbons (Fsp3) is 0.429. The summed E-state index contributed by atoms with van der Waals surface area (Å²) in [5.74, 6) is 1.33. The summed E-state index contributed by atoms with van der Waals surface area (Å²) in [5, 5.41) is 0. The second kappa shape index (κ2) is 8.67. The number of hydrogen-bond acceptors (Lipinski definition) is 0. The molecule has 0 bridgehead atoms. The van der Waals surface area contributed by atoms with Crippen molar-refractivity contribution >= 4 is 0 Å². The van der Waals surface area contributed by atoms with E-state index >= 15 is 0 Å². The molecule has 0 N–H and O–H groups in total. The van der Waals surface area contributed by atoms with Crippen molar-refractivity contribution in [3.63, 3.8) is 0 Å². The van der Waals surface area contributed by atoms with Crippen molar-refractivity contribution in [2.24, 2.45) is 5.92 Å². The normalized spacial score (nSPS) is 11.8. The number of hydrogen-bond donors (Lipinski definition) is 0. The van der Waals surface area contributed by atoms with Crippen LogP contribution in [0.1, 0.15) is 65.0 Å². The number of benzene rings is 2. The van der Waals surface area contributed by atoms with E-state index in [9.17, 15) is 0 Å². The maximum Gasteiger partial charge on any atom is 0.0104 e. The molecule has 1 aliphatic rings. The van der Waals surface area contributed by atoms with E-state index in [0.717, 1.165) is 5.92 Å². The molecule has 0 radical (unpaired) electrons. The molecular weight excluding hydrogens is 252 g/mol. The van der Waals surface area contributed by atoms with Crippen LogP contribution >= 0.6 is 0 Å². The van der Waals surface area contributed by atoms with Gasteiger partial charge >= 0.3 is 0 Å². The van der Waals surface area contributed by atoms with Crippen molar-refractivity contribution in [3.05, 3.63) is 59.7 Å². The number of fused-ring (bicyclic) bond motifs is 3. The summed E-state index contributed by atoms with van der Waals surface area (Å²) < 4.78 is 0. The molecular formula is C21H30. The second-order valence-electron chi connectivity index (χ2n) is 5.36. The third-order valence-electron chi connectivity index (χ3n) is 3.67. The Hall–Kier alpha value is -1.56. The molecule has 0 fully saturated rings. The highest BCUT2D eigenvalue weighted by molar-refractivity contribution is 5.78. The topological polar surface area (TPSA) is 0 Å². The van der Waals surface area contributed by atoms with Crippen molar-refractivity contribution in [2.45, 2.75) is 53.9 Å². The SMILES string of the molecule is CC.CC.CC(C)CC1c2ccccc2-c2ccccc21. The summed E-state index contributed by atoms with van der Waals surface area (Å²) in [6.45, 7) is 12.6. The highest BCUT2D eigenvalue weighted by Crippen LogP contribution is 2.46. The van der Waals surface area contributed by atoms with E-state index in [-0.39, 0.29) is 0 Å². The summed E-state index contributed by atoms with van der Waals surface area (Å²) in [6, 6.07) is 17.7. The molecule has 21 heavy (non-hydrogen) atoms. The molecule has 3 rings (SSSR count). The first-order valence-corrected chi connectivity index (χ1v) is 8.45. The van der Waals surface area contributed by atoms with E-state index in [1.54, 1.807) is 0 Å². The molecule has 2 aromatic carbocycles. The minimum absolute atomic E-state index is 0.599. The summed E-state index contributed by atoms with van der Waals surface area (Å²) in [7, 11) is 0. The molecule has 0 atom stereocenters. The Bertz CT molecular complexity index is 492. The zero-order valence-corrected chi connectivity index (χ0v) is 14.5. The fourth-order valence-corrected chi connectivity index (χ4v) is 2.99. The van der Waals surface area contributed by atoms with Crippen LogP contribution in [0.3, 0.4) is 0 Å². The third kappa shape index (κ3) is 3.75. The van der Waals surface area contributed by atoms with Crippen LogP contribution in [0.4, 0.5) is 0 Å². The van der Waals surface area contributed by atoms with Crippen molar-refractivity contribution < 1.29 is 0 Å². The highest BCUT2D eigenvalue weighted by Gasteiger charge is 2.27. The Kier molecular flexibility index (Phi) is 7.22. The average molecular weight is 282 g/mol. The van der Waals surface area contributed by atoms with Crippen LogP contribution in [0.15, 0.2) is 48.5 Å². The maximum absolute atomic E-state index is 2.31. The largest absolute Gasteiger partial charge is 0.0683 e. The molecule has 114 valence electrons. The smallest absolute Gasteiger partial charge is 0.0104 e. The Balaban J connectivity index is 0.000000510. The molecule has 2 aromatic rings. The molecule has 0 aliphatic heterocycles. The molecule has 0 saturated heterocycles. The van der Waals surface area contributed by atoms with Crippen LogP contribution in [-0.4, -0.2) is 0 Å².